The third-order valence-corrected chi connectivity index (χ3v) is 3.85. The number of nitrogens with zero attached hydrogens (tertiary/aromatic N) is 2. The molecule has 9 nitrogen and oxygen atoms in total. The minimum atomic E-state index is -1.18. The monoisotopic (exact) mass is 385 g/mol. The van der Waals surface area contributed by atoms with Crippen LogP contribution < -0.4 is 16.4 Å². The quantitative estimate of drug-likeness (QED) is 0.542. The summed E-state index contributed by atoms with van der Waals surface area (Å²) in [6.45, 7) is 3.20. The van der Waals surface area contributed by atoms with Crippen LogP contribution in [-0.2, 0) is 14.4 Å². The van der Waals surface area contributed by atoms with Gasteiger partial charge in [-0.25, -0.2) is 9.97 Å². The van der Waals surface area contributed by atoms with Gasteiger partial charge in [-0.05, 0) is 38.1 Å². The number of carbonyl (C=O) groups excluding carboxylic acids is 2. The van der Waals surface area contributed by atoms with Gasteiger partial charge in [0.05, 0.1) is 16.8 Å². The zero-order chi connectivity index (χ0) is 20.7. The summed E-state index contributed by atoms with van der Waals surface area (Å²) >= 11 is 0. The maximum absolute atomic E-state index is 12.1. The number of nitrogens with one attached hydrogen (secondary N) is 2. The molecule has 2 aromatic rings. The Labute approximate surface area is 162 Å². The van der Waals surface area contributed by atoms with E-state index in [-0.39, 0.29) is 31.1 Å². The van der Waals surface area contributed by atoms with Crippen molar-refractivity contribution in [3.63, 3.8) is 0 Å². The number of amides is 2. The Kier molecular flexibility index (Phi) is 6.78. The molecule has 2 heterocycles. The van der Waals surface area contributed by atoms with Gasteiger partial charge < -0.3 is 21.5 Å². The van der Waals surface area contributed by atoms with Crippen molar-refractivity contribution in [3.05, 3.63) is 36.4 Å². The third-order valence-electron chi connectivity index (χ3n) is 3.85. The molecule has 28 heavy (non-hydrogen) atoms. The van der Waals surface area contributed by atoms with Crippen LogP contribution in [0.15, 0.2) is 36.4 Å². The Bertz CT molecular complexity index is 882. The van der Waals surface area contributed by atoms with E-state index < -0.39 is 17.3 Å². The first kappa shape index (κ1) is 21.0. The standard InChI is InChI=1S/C19H23N5O4/c1-19(2,18(27)28)11-17(26)24-15-8-4-6-13(22-15)12-5-3-7-14(21-12)23-16(25)9-10-20/h3-8H,9-11,20H2,1-2H3,(H,27,28)(H,21,23,25)(H,22,24,26). The van der Waals surface area contributed by atoms with Gasteiger partial charge in [0.2, 0.25) is 11.8 Å². The molecule has 2 aromatic heterocycles. The van der Waals surface area contributed by atoms with Crippen LogP contribution in [0, 0.1) is 5.41 Å². The van der Waals surface area contributed by atoms with Gasteiger partial charge in [-0.2, -0.15) is 0 Å². The molecule has 0 aliphatic carbocycles. The fraction of sp³-hybridized carbons (Fsp3) is 0.316. The molecule has 0 aliphatic heterocycles. The first-order valence-electron chi connectivity index (χ1n) is 8.69. The second-order valence-electron chi connectivity index (χ2n) is 6.82. The number of carboxylic acids is 1. The molecule has 0 fully saturated rings. The number of rotatable bonds is 8. The van der Waals surface area contributed by atoms with Crippen LogP contribution in [0.4, 0.5) is 11.6 Å². The van der Waals surface area contributed by atoms with Crippen LogP contribution in [0.1, 0.15) is 26.7 Å². The van der Waals surface area contributed by atoms with Crippen molar-refractivity contribution in [1.29, 1.82) is 0 Å². The lowest BCUT2D eigenvalue weighted by molar-refractivity contribution is -0.149. The van der Waals surface area contributed by atoms with Crippen molar-refractivity contribution in [3.8, 4) is 11.4 Å². The summed E-state index contributed by atoms with van der Waals surface area (Å²) in [4.78, 5) is 43.6. The van der Waals surface area contributed by atoms with E-state index in [2.05, 4.69) is 20.6 Å². The van der Waals surface area contributed by atoms with Gasteiger partial charge in [-0.15, -0.1) is 0 Å². The van der Waals surface area contributed by atoms with Gasteiger partial charge in [-0.1, -0.05) is 12.1 Å². The number of aromatic nitrogens is 2. The SMILES string of the molecule is CC(C)(CC(=O)Nc1cccc(-c2cccc(NC(=O)CCN)n2)n1)C(=O)O. The van der Waals surface area contributed by atoms with E-state index in [0.29, 0.717) is 17.2 Å². The summed E-state index contributed by atoms with van der Waals surface area (Å²) < 4.78 is 0. The predicted octanol–water partition coefficient (Wildman–Crippen LogP) is 1.87. The molecule has 9 heteroatoms. The molecule has 0 aromatic carbocycles. The number of aliphatic carboxylic acids is 1. The predicted molar refractivity (Wildman–Crippen MR) is 104 cm³/mol. The summed E-state index contributed by atoms with van der Waals surface area (Å²) in [6.07, 6.45) is 0.00746. The zero-order valence-corrected chi connectivity index (χ0v) is 15.7. The minimum absolute atomic E-state index is 0.185. The summed E-state index contributed by atoms with van der Waals surface area (Å²) in [6, 6.07) is 10.1. The molecule has 0 atom stereocenters. The summed E-state index contributed by atoms with van der Waals surface area (Å²) in [5, 5.41) is 14.4. The average molecular weight is 385 g/mol. The van der Waals surface area contributed by atoms with E-state index in [9.17, 15) is 14.4 Å². The summed E-state index contributed by atoms with van der Waals surface area (Å²) in [5.74, 6) is -1.09. The topological polar surface area (TPSA) is 147 Å². The highest BCUT2D eigenvalue weighted by atomic mass is 16.4. The Morgan fingerprint density at radius 2 is 1.46 bits per heavy atom. The smallest absolute Gasteiger partial charge is 0.309 e. The highest BCUT2D eigenvalue weighted by Crippen LogP contribution is 2.22. The molecule has 2 amide bonds. The highest BCUT2D eigenvalue weighted by molar-refractivity contribution is 5.93. The lowest BCUT2D eigenvalue weighted by Crippen LogP contribution is -2.29. The maximum atomic E-state index is 12.1. The Balaban J connectivity index is 2.14. The van der Waals surface area contributed by atoms with Gasteiger partial charge in [0.15, 0.2) is 0 Å². The third kappa shape index (κ3) is 5.85. The number of carbonyl (C=O) groups is 3. The van der Waals surface area contributed by atoms with Crippen LogP contribution in [-0.4, -0.2) is 39.4 Å². The van der Waals surface area contributed by atoms with E-state index in [1.165, 1.54) is 13.8 Å². The van der Waals surface area contributed by atoms with Crippen LogP contribution in [0.2, 0.25) is 0 Å². The van der Waals surface area contributed by atoms with Gasteiger partial charge in [0.25, 0.3) is 0 Å². The van der Waals surface area contributed by atoms with Crippen LogP contribution in [0.5, 0.6) is 0 Å². The highest BCUT2D eigenvalue weighted by Gasteiger charge is 2.30. The normalized spacial score (nSPS) is 11.0. The first-order chi connectivity index (χ1) is 13.2. The van der Waals surface area contributed by atoms with E-state index >= 15 is 0 Å². The molecule has 0 unspecified atom stereocenters. The lowest BCUT2D eigenvalue weighted by atomic mass is 9.89. The second kappa shape index (κ2) is 9.05. The molecule has 5 N–H and O–H groups in total. The van der Waals surface area contributed by atoms with Gasteiger partial charge >= 0.3 is 5.97 Å². The number of hydrogen-bond donors (Lipinski definition) is 4. The van der Waals surface area contributed by atoms with E-state index in [4.69, 9.17) is 10.8 Å². The fourth-order valence-corrected chi connectivity index (χ4v) is 2.29. The molecule has 0 aliphatic rings. The molecule has 0 saturated carbocycles. The zero-order valence-electron chi connectivity index (χ0n) is 15.7. The molecular formula is C19H23N5O4. The van der Waals surface area contributed by atoms with Gasteiger partial charge in [-0.3, -0.25) is 14.4 Å². The van der Waals surface area contributed by atoms with Crippen molar-refractivity contribution >= 4 is 29.4 Å². The van der Waals surface area contributed by atoms with Crippen molar-refractivity contribution < 1.29 is 19.5 Å². The molecule has 0 spiro atoms. The number of pyridine rings is 2. The van der Waals surface area contributed by atoms with Gasteiger partial charge in [0.1, 0.15) is 11.6 Å². The maximum Gasteiger partial charge on any atom is 0.309 e. The summed E-state index contributed by atoms with van der Waals surface area (Å²) in [5.41, 5.74) is 5.17. The number of hydrogen-bond acceptors (Lipinski definition) is 6. The molecular weight excluding hydrogens is 362 g/mol. The van der Waals surface area contributed by atoms with E-state index in [1.54, 1.807) is 36.4 Å². The Morgan fingerprint density at radius 1 is 0.964 bits per heavy atom. The van der Waals surface area contributed by atoms with Crippen LogP contribution in [0.3, 0.4) is 0 Å². The van der Waals surface area contributed by atoms with E-state index in [1.807, 2.05) is 0 Å². The molecule has 0 saturated heterocycles. The average Bonchev–Trinajstić information content (AvgIpc) is 2.61. The van der Waals surface area contributed by atoms with Crippen molar-refractivity contribution in [2.45, 2.75) is 26.7 Å². The van der Waals surface area contributed by atoms with Crippen LogP contribution in [0.25, 0.3) is 11.4 Å². The number of carboxylic acid groups (broad SMARTS) is 1. The minimum Gasteiger partial charge on any atom is -0.481 e. The largest absolute Gasteiger partial charge is 0.481 e. The molecule has 2 rings (SSSR count). The lowest BCUT2D eigenvalue weighted by Gasteiger charge is -2.18. The Morgan fingerprint density at radius 3 is 1.93 bits per heavy atom. The Hall–Kier alpha value is -3.33. The number of nitrogens with two attached hydrogens (primary N) is 1. The van der Waals surface area contributed by atoms with Crippen molar-refractivity contribution in [1.82, 2.24) is 9.97 Å². The molecule has 148 valence electrons. The second-order valence-corrected chi connectivity index (χ2v) is 6.82. The van der Waals surface area contributed by atoms with E-state index in [0.717, 1.165) is 0 Å². The fourth-order valence-electron chi connectivity index (χ4n) is 2.29. The first-order valence-corrected chi connectivity index (χ1v) is 8.69. The van der Waals surface area contributed by atoms with Gasteiger partial charge in [0, 0.05) is 19.4 Å². The van der Waals surface area contributed by atoms with Crippen molar-refractivity contribution in [2.24, 2.45) is 11.1 Å². The molecule has 0 radical (unpaired) electrons. The van der Waals surface area contributed by atoms with Crippen LogP contribution >= 0.6 is 0 Å². The molecule has 0 bridgehead atoms. The number of anilines is 2. The summed E-state index contributed by atoms with van der Waals surface area (Å²) in [7, 11) is 0. The van der Waals surface area contributed by atoms with Crippen molar-refractivity contribution in [2.75, 3.05) is 17.2 Å².